The lowest BCUT2D eigenvalue weighted by Gasteiger charge is -2.36. The number of carboxylic acids is 1. The number of fused-ring (bicyclic) bond motifs is 1. The topological polar surface area (TPSA) is 120 Å². The third-order valence-corrected chi connectivity index (χ3v) is 7.44. The van der Waals surface area contributed by atoms with Crippen LogP contribution in [0.1, 0.15) is 49.1 Å². The molecule has 10 nitrogen and oxygen atoms in total. The predicted octanol–water partition coefficient (Wildman–Crippen LogP) is 3.20. The van der Waals surface area contributed by atoms with Crippen molar-refractivity contribution in [3.05, 3.63) is 46.2 Å². The number of hydrogen-bond donors (Lipinski definition) is 3. The smallest absolute Gasteiger partial charge is 0.315 e. The first kappa shape index (κ1) is 26.7. The molecule has 0 bridgehead atoms. The first-order valence-corrected chi connectivity index (χ1v) is 13.5. The first-order valence-electron chi connectivity index (χ1n) is 12.6. The average molecular weight is 531 g/mol. The zero-order valence-corrected chi connectivity index (χ0v) is 21.8. The molecule has 3 N–H and O–H groups in total. The van der Waals surface area contributed by atoms with Crippen LogP contribution < -0.4 is 20.1 Å². The number of hydrogen-bond acceptors (Lipinski definition) is 7. The molecule has 2 aliphatic heterocycles. The second-order valence-corrected chi connectivity index (χ2v) is 10.3. The Kier molecular flexibility index (Phi) is 9.24. The number of benzene rings is 1. The maximum absolute atomic E-state index is 13.4. The van der Waals surface area contributed by atoms with E-state index in [0.29, 0.717) is 36.6 Å². The quantitative estimate of drug-likeness (QED) is 0.408. The van der Waals surface area contributed by atoms with Crippen LogP contribution in [0.15, 0.2) is 35.7 Å². The summed E-state index contributed by atoms with van der Waals surface area (Å²) < 4.78 is 10.7. The van der Waals surface area contributed by atoms with E-state index in [1.807, 2.05) is 17.9 Å². The van der Waals surface area contributed by atoms with Gasteiger partial charge in [-0.05, 0) is 35.6 Å². The fourth-order valence-electron chi connectivity index (χ4n) is 4.55. The van der Waals surface area contributed by atoms with Gasteiger partial charge in [-0.15, -0.1) is 11.3 Å². The van der Waals surface area contributed by atoms with Crippen molar-refractivity contribution in [1.82, 2.24) is 20.4 Å². The molecule has 1 fully saturated rings. The van der Waals surface area contributed by atoms with E-state index in [9.17, 15) is 19.5 Å². The summed E-state index contributed by atoms with van der Waals surface area (Å²) in [5, 5.41) is 17.1. The Morgan fingerprint density at radius 2 is 1.86 bits per heavy atom. The second kappa shape index (κ2) is 12.8. The Morgan fingerprint density at radius 1 is 1.08 bits per heavy atom. The highest BCUT2D eigenvalue weighted by atomic mass is 32.1. The average Bonchev–Trinajstić information content (AvgIpc) is 3.57. The van der Waals surface area contributed by atoms with Crippen molar-refractivity contribution in [1.29, 1.82) is 0 Å². The number of thiophene rings is 1. The summed E-state index contributed by atoms with van der Waals surface area (Å²) >= 11 is 1.73. The molecule has 0 radical (unpaired) electrons. The molecule has 37 heavy (non-hydrogen) atoms. The third-order valence-electron chi connectivity index (χ3n) is 6.58. The number of unbranched alkanes of at least 4 members (excludes halogenated alkanes) is 1. The van der Waals surface area contributed by atoms with Gasteiger partial charge in [0.15, 0.2) is 11.5 Å². The summed E-state index contributed by atoms with van der Waals surface area (Å²) in [5.74, 6) is -0.0773. The van der Waals surface area contributed by atoms with E-state index in [-0.39, 0.29) is 19.1 Å². The normalized spacial score (nSPS) is 16.7. The Hall–Kier alpha value is -3.31. The number of piperazine rings is 1. The van der Waals surface area contributed by atoms with Crippen molar-refractivity contribution in [3.8, 4) is 11.5 Å². The summed E-state index contributed by atoms with van der Waals surface area (Å²) in [7, 11) is 0. The Morgan fingerprint density at radius 3 is 2.57 bits per heavy atom. The number of urea groups is 1. The molecule has 0 saturated carbocycles. The van der Waals surface area contributed by atoms with Gasteiger partial charge in [0.1, 0.15) is 6.04 Å². The zero-order valence-electron chi connectivity index (χ0n) is 21.0. The largest absolute Gasteiger partial charge is 0.481 e. The molecule has 1 aromatic carbocycles. The minimum absolute atomic E-state index is 0.0970. The Labute approximate surface area is 220 Å². The van der Waals surface area contributed by atoms with Crippen molar-refractivity contribution < 1.29 is 29.0 Å². The van der Waals surface area contributed by atoms with E-state index in [4.69, 9.17) is 9.47 Å². The fraction of sp³-hybridized carbons (Fsp3) is 0.500. The second-order valence-electron chi connectivity index (χ2n) is 9.26. The van der Waals surface area contributed by atoms with E-state index in [1.165, 1.54) is 4.88 Å². The van der Waals surface area contributed by atoms with Crippen molar-refractivity contribution >= 4 is 29.2 Å². The van der Waals surface area contributed by atoms with Crippen LogP contribution in [0.5, 0.6) is 11.5 Å². The minimum Gasteiger partial charge on any atom is -0.481 e. The molecular weight excluding hydrogens is 496 g/mol. The highest BCUT2D eigenvalue weighted by molar-refractivity contribution is 7.09. The molecule has 1 saturated heterocycles. The number of carboxylic acid groups (broad SMARTS) is 1. The van der Waals surface area contributed by atoms with Crippen molar-refractivity contribution in [2.24, 2.45) is 0 Å². The van der Waals surface area contributed by atoms with Crippen LogP contribution >= 0.6 is 11.3 Å². The van der Waals surface area contributed by atoms with Crippen LogP contribution in [-0.2, 0) is 16.1 Å². The van der Waals surface area contributed by atoms with Crippen LogP contribution in [0.2, 0.25) is 0 Å². The summed E-state index contributed by atoms with van der Waals surface area (Å²) in [5.41, 5.74) is 0.583. The van der Waals surface area contributed by atoms with Gasteiger partial charge in [0.2, 0.25) is 12.7 Å². The van der Waals surface area contributed by atoms with Crippen LogP contribution in [0.4, 0.5) is 4.79 Å². The van der Waals surface area contributed by atoms with Crippen LogP contribution in [0.3, 0.4) is 0 Å². The Balaban J connectivity index is 1.36. The maximum Gasteiger partial charge on any atom is 0.315 e. The number of ether oxygens (including phenoxy) is 2. The van der Waals surface area contributed by atoms with Crippen molar-refractivity contribution in [3.63, 3.8) is 0 Å². The lowest BCUT2D eigenvalue weighted by molar-refractivity contribution is -0.138. The number of amides is 3. The fourth-order valence-corrected chi connectivity index (χ4v) is 5.30. The molecule has 3 heterocycles. The number of carbonyl (C=O) groups excluding carboxylic acids is 2. The number of nitrogens with zero attached hydrogens (tertiary/aromatic N) is 2. The van der Waals surface area contributed by atoms with Gasteiger partial charge < -0.3 is 30.1 Å². The predicted molar refractivity (Wildman–Crippen MR) is 139 cm³/mol. The monoisotopic (exact) mass is 530 g/mol. The zero-order chi connectivity index (χ0) is 26.2. The highest BCUT2D eigenvalue weighted by Crippen LogP contribution is 2.34. The van der Waals surface area contributed by atoms with Crippen LogP contribution in [-0.4, -0.2) is 71.8 Å². The van der Waals surface area contributed by atoms with Gasteiger partial charge in [-0.3, -0.25) is 14.5 Å². The van der Waals surface area contributed by atoms with Gasteiger partial charge in [0.05, 0.1) is 12.5 Å². The first-order chi connectivity index (χ1) is 17.9. The number of carbonyl (C=O) groups is 3. The lowest BCUT2D eigenvalue weighted by Crippen LogP contribution is -2.56. The van der Waals surface area contributed by atoms with Crippen LogP contribution in [0.25, 0.3) is 0 Å². The number of rotatable bonds is 11. The molecule has 0 aliphatic carbocycles. The highest BCUT2D eigenvalue weighted by Gasteiger charge is 2.29. The van der Waals surface area contributed by atoms with Gasteiger partial charge in [-0.25, -0.2) is 4.79 Å². The van der Waals surface area contributed by atoms with Gasteiger partial charge in [0.25, 0.3) is 0 Å². The molecule has 4 rings (SSSR count). The summed E-state index contributed by atoms with van der Waals surface area (Å²) in [4.78, 5) is 43.3. The van der Waals surface area contributed by atoms with Gasteiger partial charge in [0, 0.05) is 37.6 Å². The molecule has 200 valence electrons. The van der Waals surface area contributed by atoms with E-state index >= 15 is 0 Å². The van der Waals surface area contributed by atoms with Crippen LogP contribution in [0, 0.1) is 0 Å². The Bertz CT molecular complexity index is 1070. The summed E-state index contributed by atoms with van der Waals surface area (Å²) in [6.45, 7) is 5.78. The number of nitrogens with one attached hydrogen (secondary N) is 2. The summed E-state index contributed by atoms with van der Waals surface area (Å²) in [6, 6.07) is 7.19. The minimum atomic E-state index is -1.05. The third kappa shape index (κ3) is 7.36. The molecule has 1 aromatic heterocycles. The maximum atomic E-state index is 13.4. The van der Waals surface area contributed by atoms with Crippen molar-refractivity contribution in [2.75, 3.05) is 33.0 Å². The molecule has 0 unspecified atom stereocenters. The van der Waals surface area contributed by atoms with Gasteiger partial charge in [-0.2, -0.15) is 0 Å². The molecule has 0 spiro atoms. The van der Waals surface area contributed by atoms with Gasteiger partial charge >= 0.3 is 12.0 Å². The number of aliphatic carboxylic acids is 1. The molecule has 2 aliphatic rings. The van der Waals surface area contributed by atoms with E-state index in [2.05, 4.69) is 27.0 Å². The molecule has 11 heteroatoms. The van der Waals surface area contributed by atoms with Gasteiger partial charge in [-0.1, -0.05) is 31.9 Å². The SMILES string of the molecule is CCCC[C@H](NC(=O)N[C@@H](CC(=O)O)c1ccc2c(c1)OCO2)C(=O)N1CCN(Cc2cccs2)CC1. The van der Waals surface area contributed by atoms with E-state index in [1.54, 1.807) is 29.5 Å². The molecular formula is C26H34N4O6S. The molecule has 2 atom stereocenters. The van der Waals surface area contributed by atoms with E-state index in [0.717, 1.165) is 32.5 Å². The molecule has 3 amide bonds. The molecule has 2 aromatic rings. The summed E-state index contributed by atoms with van der Waals surface area (Å²) in [6.07, 6.45) is 1.88. The standard InChI is InChI=1S/C26H34N4O6S/c1-2-3-6-20(25(33)30-11-9-29(10-12-30)16-19-5-4-13-37-19)27-26(34)28-21(15-24(31)32)18-7-8-22-23(14-18)36-17-35-22/h4-5,7-8,13-14,20-21H,2-3,6,9-12,15-17H2,1H3,(H,31,32)(H2,27,28,34)/t20-,21-/m0/s1. The van der Waals surface area contributed by atoms with Crippen molar-refractivity contribution in [2.45, 2.75) is 51.2 Å². The van der Waals surface area contributed by atoms with E-state index < -0.39 is 24.1 Å². The lowest BCUT2D eigenvalue weighted by atomic mass is 10.0.